The van der Waals surface area contributed by atoms with Crippen LogP contribution >= 0.6 is 0 Å². The number of nitrogen functional groups attached to an aromatic ring is 1. The minimum Gasteiger partial charge on any atom is -0.399 e. The number of fused-ring (bicyclic) bond motifs is 1. The fourth-order valence-corrected chi connectivity index (χ4v) is 2.04. The third-order valence-corrected chi connectivity index (χ3v) is 2.98. The molecule has 0 aliphatic carbocycles. The Hall–Kier alpha value is -2.43. The number of nitrogens with zero attached hydrogens (tertiary/aromatic N) is 2. The second kappa shape index (κ2) is 4.35. The van der Waals surface area contributed by atoms with Crippen LogP contribution in [0.1, 0.15) is 5.56 Å². The zero-order chi connectivity index (χ0) is 13.4. The Labute approximate surface area is 108 Å². The van der Waals surface area contributed by atoms with Gasteiger partial charge in [-0.2, -0.15) is 0 Å². The number of anilines is 1. The van der Waals surface area contributed by atoms with E-state index < -0.39 is 11.6 Å². The molecule has 0 radical (unpaired) electrons. The van der Waals surface area contributed by atoms with Gasteiger partial charge in [-0.1, -0.05) is 6.07 Å². The van der Waals surface area contributed by atoms with Crippen LogP contribution in [0.3, 0.4) is 0 Å². The van der Waals surface area contributed by atoms with Crippen molar-refractivity contribution < 1.29 is 8.78 Å². The maximum absolute atomic E-state index is 13.2. The van der Waals surface area contributed by atoms with Crippen LogP contribution < -0.4 is 5.73 Å². The normalized spacial score (nSPS) is 11.1. The number of nitrogens with two attached hydrogens (primary N) is 1. The number of hydrogen-bond acceptors (Lipinski definition) is 2. The van der Waals surface area contributed by atoms with E-state index in [4.69, 9.17) is 5.73 Å². The lowest BCUT2D eigenvalue weighted by Crippen LogP contribution is -1.99. The fourth-order valence-electron chi connectivity index (χ4n) is 2.04. The smallest absolute Gasteiger partial charge is 0.159 e. The van der Waals surface area contributed by atoms with Crippen LogP contribution in [0.4, 0.5) is 14.5 Å². The maximum atomic E-state index is 13.2. The zero-order valence-electron chi connectivity index (χ0n) is 9.98. The van der Waals surface area contributed by atoms with Crippen LogP contribution in [0.25, 0.3) is 11.0 Å². The summed E-state index contributed by atoms with van der Waals surface area (Å²) in [5.74, 6) is -1.68. The Kier molecular flexibility index (Phi) is 2.67. The average Bonchev–Trinajstić information content (AvgIpc) is 2.76. The van der Waals surface area contributed by atoms with Crippen molar-refractivity contribution in [2.75, 3.05) is 5.73 Å². The number of benzene rings is 2. The lowest BCUT2D eigenvalue weighted by molar-refractivity contribution is 0.506. The van der Waals surface area contributed by atoms with Gasteiger partial charge in [0.1, 0.15) is 0 Å². The van der Waals surface area contributed by atoms with E-state index >= 15 is 0 Å². The van der Waals surface area contributed by atoms with Crippen molar-refractivity contribution >= 4 is 16.7 Å². The highest BCUT2D eigenvalue weighted by Crippen LogP contribution is 2.18. The van der Waals surface area contributed by atoms with Crippen molar-refractivity contribution in [3.05, 3.63) is 59.9 Å². The standard InChI is InChI=1S/C14H11F2N3/c15-11-3-1-9(5-12(11)16)7-19-8-18-13-6-10(17)2-4-14(13)19/h1-6,8H,7,17H2. The predicted molar refractivity (Wildman–Crippen MR) is 69.6 cm³/mol. The van der Waals surface area contributed by atoms with Gasteiger partial charge in [0.25, 0.3) is 0 Å². The van der Waals surface area contributed by atoms with E-state index in [1.165, 1.54) is 6.07 Å². The summed E-state index contributed by atoms with van der Waals surface area (Å²) >= 11 is 0. The third-order valence-electron chi connectivity index (χ3n) is 2.98. The molecule has 5 heteroatoms. The molecule has 0 unspecified atom stereocenters. The van der Waals surface area contributed by atoms with Crippen molar-refractivity contribution in [1.82, 2.24) is 9.55 Å². The molecule has 19 heavy (non-hydrogen) atoms. The molecule has 0 bridgehead atoms. The van der Waals surface area contributed by atoms with Gasteiger partial charge in [0.15, 0.2) is 11.6 Å². The Morgan fingerprint density at radius 2 is 1.89 bits per heavy atom. The first-order valence-electron chi connectivity index (χ1n) is 5.78. The molecule has 0 fully saturated rings. The summed E-state index contributed by atoms with van der Waals surface area (Å²) in [6.07, 6.45) is 1.66. The largest absolute Gasteiger partial charge is 0.399 e. The van der Waals surface area contributed by atoms with Crippen molar-refractivity contribution in [2.45, 2.75) is 6.54 Å². The topological polar surface area (TPSA) is 43.8 Å². The molecule has 96 valence electrons. The number of halogens is 2. The second-order valence-corrected chi connectivity index (χ2v) is 4.37. The lowest BCUT2D eigenvalue weighted by atomic mass is 10.2. The fraction of sp³-hybridized carbons (Fsp3) is 0.0714. The molecule has 2 N–H and O–H groups in total. The summed E-state index contributed by atoms with van der Waals surface area (Å²) in [5.41, 5.74) is 8.68. The lowest BCUT2D eigenvalue weighted by Gasteiger charge is -2.05. The van der Waals surface area contributed by atoms with Gasteiger partial charge in [0.05, 0.1) is 17.4 Å². The van der Waals surface area contributed by atoms with Gasteiger partial charge in [-0.15, -0.1) is 0 Å². The van der Waals surface area contributed by atoms with Crippen LogP contribution in [0.2, 0.25) is 0 Å². The van der Waals surface area contributed by atoms with Crippen LogP contribution in [0.15, 0.2) is 42.7 Å². The molecule has 1 aromatic heterocycles. The number of aromatic nitrogens is 2. The van der Waals surface area contributed by atoms with E-state index in [2.05, 4.69) is 4.98 Å². The number of rotatable bonds is 2. The van der Waals surface area contributed by atoms with Gasteiger partial charge in [-0.25, -0.2) is 13.8 Å². The molecule has 0 amide bonds. The summed E-state index contributed by atoms with van der Waals surface area (Å²) in [6, 6.07) is 9.29. The molecular weight excluding hydrogens is 248 g/mol. The van der Waals surface area contributed by atoms with Crippen LogP contribution in [-0.4, -0.2) is 9.55 Å². The van der Waals surface area contributed by atoms with E-state index in [0.29, 0.717) is 17.8 Å². The van der Waals surface area contributed by atoms with Gasteiger partial charge in [-0.3, -0.25) is 0 Å². The van der Waals surface area contributed by atoms with Gasteiger partial charge in [0.2, 0.25) is 0 Å². The van der Waals surface area contributed by atoms with E-state index in [9.17, 15) is 8.78 Å². The first kappa shape index (κ1) is 11.6. The second-order valence-electron chi connectivity index (χ2n) is 4.37. The molecule has 2 aromatic carbocycles. The highest BCUT2D eigenvalue weighted by atomic mass is 19.2. The summed E-state index contributed by atoms with van der Waals surface area (Å²) < 4.78 is 27.9. The summed E-state index contributed by atoms with van der Waals surface area (Å²) in [6.45, 7) is 0.428. The van der Waals surface area contributed by atoms with Gasteiger partial charge < -0.3 is 10.3 Å². The molecule has 0 aliphatic rings. The molecule has 0 saturated heterocycles. The Morgan fingerprint density at radius 1 is 1.05 bits per heavy atom. The zero-order valence-corrected chi connectivity index (χ0v) is 9.98. The number of hydrogen-bond donors (Lipinski definition) is 1. The van der Waals surface area contributed by atoms with Crippen molar-refractivity contribution in [3.8, 4) is 0 Å². The highest BCUT2D eigenvalue weighted by Gasteiger charge is 2.06. The van der Waals surface area contributed by atoms with Crippen LogP contribution in [0, 0.1) is 11.6 Å². The summed E-state index contributed by atoms with van der Waals surface area (Å²) in [7, 11) is 0. The summed E-state index contributed by atoms with van der Waals surface area (Å²) in [5, 5.41) is 0. The van der Waals surface area contributed by atoms with Gasteiger partial charge in [0, 0.05) is 12.2 Å². The molecule has 3 rings (SSSR count). The molecule has 0 aliphatic heterocycles. The molecule has 3 aromatic rings. The summed E-state index contributed by atoms with van der Waals surface area (Å²) in [4.78, 5) is 4.23. The highest BCUT2D eigenvalue weighted by molar-refractivity contribution is 5.79. The first-order chi connectivity index (χ1) is 9.13. The van der Waals surface area contributed by atoms with E-state index in [1.54, 1.807) is 24.5 Å². The minimum atomic E-state index is -0.842. The SMILES string of the molecule is Nc1ccc2c(c1)ncn2Cc1ccc(F)c(F)c1. The molecule has 3 nitrogen and oxygen atoms in total. The van der Waals surface area contributed by atoms with Gasteiger partial charge >= 0.3 is 0 Å². The van der Waals surface area contributed by atoms with Crippen molar-refractivity contribution in [3.63, 3.8) is 0 Å². The Morgan fingerprint density at radius 3 is 2.68 bits per heavy atom. The third kappa shape index (κ3) is 2.14. The molecular formula is C14H11F2N3. The Bertz CT molecular complexity index is 750. The van der Waals surface area contributed by atoms with E-state index in [-0.39, 0.29) is 0 Å². The van der Waals surface area contributed by atoms with Crippen LogP contribution in [-0.2, 0) is 6.54 Å². The number of imidazole rings is 1. The first-order valence-corrected chi connectivity index (χ1v) is 5.78. The molecule has 1 heterocycles. The van der Waals surface area contributed by atoms with E-state index in [0.717, 1.165) is 17.1 Å². The predicted octanol–water partition coefficient (Wildman–Crippen LogP) is 2.95. The minimum absolute atomic E-state index is 0.428. The molecule has 0 atom stereocenters. The quantitative estimate of drug-likeness (QED) is 0.719. The maximum Gasteiger partial charge on any atom is 0.159 e. The van der Waals surface area contributed by atoms with Crippen molar-refractivity contribution in [1.29, 1.82) is 0 Å². The monoisotopic (exact) mass is 259 g/mol. The molecule has 0 saturated carbocycles. The van der Waals surface area contributed by atoms with Crippen molar-refractivity contribution in [2.24, 2.45) is 0 Å². The Balaban J connectivity index is 1.98. The van der Waals surface area contributed by atoms with Crippen LogP contribution in [0.5, 0.6) is 0 Å². The van der Waals surface area contributed by atoms with E-state index in [1.807, 2.05) is 10.6 Å². The average molecular weight is 259 g/mol. The van der Waals surface area contributed by atoms with Gasteiger partial charge in [-0.05, 0) is 35.9 Å². The molecule has 0 spiro atoms.